The smallest absolute Gasteiger partial charge is 0.323 e. The van der Waals surface area contributed by atoms with Gasteiger partial charge in [0, 0.05) is 22.6 Å². The number of hydrogen-bond donors (Lipinski definition) is 3. The van der Waals surface area contributed by atoms with Crippen molar-refractivity contribution in [2.45, 2.75) is 19.8 Å². The van der Waals surface area contributed by atoms with Crippen LogP contribution >= 0.6 is 0 Å². The van der Waals surface area contributed by atoms with E-state index in [9.17, 15) is 9.59 Å². The number of ketones is 1. The lowest BCUT2D eigenvalue weighted by Crippen LogP contribution is -2.19. The Kier molecular flexibility index (Phi) is 5.95. The number of aromatic nitrogens is 3. The van der Waals surface area contributed by atoms with Gasteiger partial charge in [-0.05, 0) is 48.4 Å². The molecule has 2 aromatic heterocycles. The van der Waals surface area contributed by atoms with Crippen molar-refractivity contribution < 1.29 is 14.3 Å². The minimum atomic E-state index is -0.432. The van der Waals surface area contributed by atoms with Gasteiger partial charge in [-0.25, -0.2) is 14.3 Å². The molecule has 33 heavy (non-hydrogen) atoms. The van der Waals surface area contributed by atoms with E-state index in [2.05, 4.69) is 20.7 Å². The van der Waals surface area contributed by atoms with E-state index in [1.807, 2.05) is 13.8 Å². The fraction of sp³-hybridized carbons (Fsp3) is 0.167. The second kappa shape index (κ2) is 8.99. The number of amides is 2. The van der Waals surface area contributed by atoms with Crippen LogP contribution in [0.1, 0.15) is 41.4 Å². The molecule has 4 rings (SSSR count). The number of fused-ring (bicyclic) bond motifs is 1. The first-order valence-corrected chi connectivity index (χ1v) is 10.4. The Balaban J connectivity index is 1.58. The Morgan fingerprint density at radius 3 is 2.45 bits per heavy atom. The van der Waals surface area contributed by atoms with E-state index in [1.165, 1.54) is 6.33 Å². The maximum absolute atomic E-state index is 13.4. The van der Waals surface area contributed by atoms with Crippen molar-refractivity contribution in [3.8, 4) is 5.75 Å². The van der Waals surface area contributed by atoms with Crippen LogP contribution in [0.15, 0.2) is 60.9 Å². The standard InChI is InChI=1S/C24H24N6O3/c1-14(2)20-12-19(21-23(25)26-13-27-30(20)21)22(31)15-5-4-6-17(11-15)29-24(32)28-16-7-9-18(33-3)10-8-16/h4-14H,1-3H3,(H2,25,26,27)(H2,28,29,32). The number of benzene rings is 2. The molecule has 0 aliphatic carbocycles. The Bertz CT molecular complexity index is 1330. The molecule has 0 unspecified atom stereocenters. The van der Waals surface area contributed by atoms with Gasteiger partial charge in [-0.1, -0.05) is 26.0 Å². The number of urea groups is 1. The quantitative estimate of drug-likeness (QED) is 0.381. The average molecular weight is 444 g/mol. The van der Waals surface area contributed by atoms with Crippen LogP contribution in [0.3, 0.4) is 0 Å². The van der Waals surface area contributed by atoms with Crippen LogP contribution in [-0.2, 0) is 0 Å². The van der Waals surface area contributed by atoms with Gasteiger partial charge in [0.05, 0.1) is 12.7 Å². The maximum atomic E-state index is 13.4. The number of carbonyl (C=O) groups is 2. The van der Waals surface area contributed by atoms with Gasteiger partial charge in [0.15, 0.2) is 11.6 Å². The lowest BCUT2D eigenvalue weighted by atomic mass is 10.0. The molecule has 4 aromatic rings. The van der Waals surface area contributed by atoms with Gasteiger partial charge in [0.25, 0.3) is 0 Å². The summed E-state index contributed by atoms with van der Waals surface area (Å²) in [5, 5.41) is 9.76. The molecule has 9 nitrogen and oxygen atoms in total. The molecule has 0 aliphatic rings. The molecule has 0 spiro atoms. The average Bonchev–Trinajstić information content (AvgIpc) is 3.20. The highest BCUT2D eigenvalue weighted by molar-refractivity contribution is 6.15. The Hall–Kier alpha value is -4.40. The third-order valence-electron chi connectivity index (χ3n) is 5.18. The summed E-state index contributed by atoms with van der Waals surface area (Å²) in [7, 11) is 1.57. The number of nitrogens with one attached hydrogen (secondary N) is 2. The lowest BCUT2D eigenvalue weighted by Gasteiger charge is -2.09. The highest BCUT2D eigenvalue weighted by atomic mass is 16.5. The van der Waals surface area contributed by atoms with Crippen molar-refractivity contribution in [3.63, 3.8) is 0 Å². The monoisotopic (exact) mass is 444 g/mol. The normalized spacial score (nSPS) is 10.9. The molecule has 2 heterocycles. The summed E-state index contributed by atoms with van der Waals surface area (Å²) in [6, 6.07) is 15.0. The Morgan fingerprint density at radius 2 is 1.76 bits per heavy atom. The molecular weight excluding hydrogens is 420 g/mol. The SMILES string of the molecule is COc1ccc(NC(=O)Nc2cccc(C(=O)c3cc(C(C)C)n4ncnc(N)c34)c2)cc1. The van der Waals surface area contributed by atoms with Gasteiger partial charge in [0.2, 0.25) is 0 Å². The molecule has 2 aromatic carbocycles. The second-order valence-electron chi connectivity index (χ2n) is 7.76. The number of carbonyl (C=O) groups excluding carboxylic acids is 2. The molecule has 2 amide bonds. The zero-order valence-electron chi connectivity index (χ0n) is 18.5. The first kappa shape index (κ1) is 21.8. The Morgan fingerprint density at radius 1 is 1.03 bits per heavy atom. The summed E-state index contributed by atoms with van der Waals surface area (Å²) in [6.45, 7) is 4.03. The number of ether oxygens (including phenoxy) is 1. The number of nitrogens with zero attached hydrogens (tertiary/aromatic N) is 3. The molecule has 168 valence electrons. The van der Waals surface area contributed by atoms with Gasteiger partial charge in [-0.2, -0.15) is 5.10 Å². The van der Waals surface area contributed by atoms with Crippen molar-refractivity contribution in [3.05, 3.63) is 77.7 Å². The van der Waals surface area contributed by atoms with Crippen molar-refractivity contribution in [1.29, 1.82) is 0 Å². The molecule has 0 fully saturated rings. The summed E-state index contributed by atoms with van der Waals surface area (Å²) in [5.74, 6) is 0.813. The fourth-order valence-corrected chi connectivity index (χ4v) is 3.54. The van der Waals surface area contributed by atoms with Crippen molar-refractivity contribution >= 4 is 34.5 Å². The summed E-state index contributed by atoms with van der Waals surface area (Å²) in [4.78, 5) is 29.8. The van der Waals surface area contributed by atoms with Crippen molar-refractivity contribution in [2.75, 3.05) is 23.5 Å². The van der Waals surface area contributed by atoms with Gasteiger partial charge in [-0.3, -0.25) is 4.79 Å². The number of methoxy groups -OCH3 is 1. The highest BCUT2D eigenvalue weighted by Gasteiger charge is 2.22. The first-order valence-electron chi connectivity index (χ1n) is 10.4. The molecule has 0 saturated carbocycles. The maximum Gasteiger partial charge on any atom is 0.323 e. The molecule has 9 heteroatoms. The summed E-state index contributed by atoms with van der Waals surface area (Å²) >= 11 is 0. The molecule has 0 bridgehead atoms. The summed E-state index contributed by atoms with van der Waals surface area (Å²) in [5.41, 5.74) is 9.31. The van der Waals surface area contributed by atoms with Crippen molar-refractivity contribution in [1.82, 2.24) is 14.6 Å². The summed E-state index contributed by atoms with van der Waals surface area (Å²) in [6.07, 6.45) is 1.37. The van der Waals surface area contributed by atoms with E-state index >= 15 is 0 Å². The molecule has 0 radical (unpaired) electrons. The highest BCUT2D eigenvalue weighted by Crippen LogP contribution is 2.27. The second-order valence-corrected chi connectivity index (χ2v) is 7.76. The van der Waals surface area contributed by atoms with E-state index in [1.54, 1.807) is 66.2 Å². The van der Waals surface area contributed by atoms with Crippen LogP contribution in [0.5, 0.6) is 5.75 Å². The molecule has 4 N–H and O–H groups in total. The van der Waals surface area contributed by atoms with Crippen LogP contribution in [0.2, 0.25) is 0 Å². The van der Waals surface area contributed by atoms with Gasteiger partial charge in [0.1, 0.15) is 17.6 Å². The van der Waals surface area contributed by atoms with Crippen LogP contribution in [0.25, 0.3) is 5.52 Å². The number of anilines is 3. The van der Waals surface area contributed by atoms with Gasteiger partial charge >= 0.3 is 6.03 Å². The third kappa shape index (κ3) is 4.47. The number of rotatable bonds is 6. The molecule has 0 atom stereocenters. The fourth-order valence-electron chi connectivity index (χ4n) is 3.54. The Labute approximate surface area is 190 Å². The van der Waals surface area contributed by atoms with E-state index < -0.39 is 6.03 Å². The van der Waals surface area contributed by atoms with E-state index in [0.29, 0.717) is 33.8 Å². The number of nitrogen functional groups attached to an aromatic ring is 1. The lowest BCUT2D eigenvalue weighted by molar-refractivity contribution is 0.104. The van der Waals surface area contributed by atoms with E-state index in [4.69, 9.17) is 10.5 Å². The van der Waals surface area contributed by atoms with Crippen molar-refractivity contribution in [2.24, 2.45) is 0 Å². The third-order valence-corrected chi connectivity index (χ3v) is 5.18. The minimum Gasteiger partial charge on any atom is -0.497 e. The molecular formula is C24H24N6O3. The minimum absolute atomic E-state index is 0.128. The zero-order chi connectivity index (χ0) is 23.5. The van der Waals surface area contributed by atoms with Crippen LogP contribution < -0.4 is 21.1 Å². The largest absolute Gasteiger partial charge is 0.497 e. The molecule has 0 aliphatic heterocycles. The number of nitrogens with two attached hydrogens (primary N) is 1. The summed E-state index contributed by atoms with van der Waals surface area (Å²) < 4.78 is 6.77. The van der Waals surface area contributed by atoms with E-state index in [-0.39, 0.29) is 17.5 Å². The predicted molar refractivity (Wildman–Crippen MR) is 127 cm³/mol. The number of hydrogen-bond acceptors (Lipinski definition) is 6. The first-order chi connectivity index (χ1) is 15.9. The van der Waals surface area contributed by atoms with E-state index in [0.717, 1.165) is 5.69 Å². The van der Waals surface area contributed by atoms with Gasteiger partial charge in [-0.15, -0.1) is 0 Å². The predicted octanol–water partition coefficient (Wildman–Crippen LogP) is 4.32. The topological polar surface area (TPSA) is 124 Å². The van der Waals surface area contributed by atoms with Crippen LogP contribution in [-0.4, -0.2) is 33.5 Å². The van der Waals surface area contributed by atoms with Crippen LogP contribution in [0.4, 0.5) is 22.0 Å². The van der Waals surface area contributed by atoms with Gasteiger partial charge < -0.3 is 21.1 Å². The van der Waals surface area contributed by atoms with Crippen LogP contribution in [0, 0.1) is 0 Å². The zero-order valence-corrected chi connectivity index (χ0v) is 18.5. The molecule has 0 saturated heterocycles.